The molecule has 2 aromatic carbocycles. The Hall–Kier alpha value is -3.77. The van der Waals surface area contributed by atoms with E-state index in [1.54, 1.807) is 39.8 Å². The first-order chi connectivity index (χ1) is 17.0. The fraction of sp³-hybridized carbons (Fsp3) is 0.375. The smallest absolute Gasteiger partial charge is 0.416 e. The number of carbonyl (C=O) groups is 1. The summed E-state index contributed by atoms with van der Waals surface area (Å²) in [6.45, 7) is 6.76. The molecule has 0 spiro atoms. The van der Waals surface area contributed by atoms with Crippen molar-refractivity contribution >= 4 is 34.3 Å². The molecule has 0 aliphatic rings. The lowest BCUT2D eigenvalue weighted by atomic mass is 10.1. The molecule has 0 atom stereocenters. The molecule has 3 aromatic rings. The van der Waals surface area contributed by atoms with Crippen LogP contribution in [0.15, 0.2) is 36.4 Å². The molecular formula is C24H24F6N4O3. The molecular weight excluding hydrogens is 506 g/mol. The number of fused-ring (bicyclic) bond motifs is 1. The van der Waals surface area contributed by atoms with Crippen LogP contribution in [0.3, 0.4) is 0 Å². The van der Waals surface area contributed by atoms with Gasteiger partial charge in [0.25, 0.3) is 0 Å². The topological polar surface area (TPSA) is 85.4 Å². The van der Waals surface area contributed by atoms with Crippen molar-refractivity contribution in [3.05, 3.63) is 47.5 Å². The third-order valence-corrected chi connectivity index (χ3v) is 4.64. The van der Waals surface area contributed by atoms with Crippen molar-refractivity contribution in [2.45, 2.75) is 45.6 Å². The van der Waals surface area contributed by atoms with Crippen LogP contribution < -0.4 is 15.4 Å². The van der Waals surface area contributed by atoms with Gasteiger partial charge < -0.3 is 20.1 Å². The first-order valence-corrected chi connectivity index (χ1v) is 11.0. The van der Waals surface area contributed by atoms with Crippen molar-refractivity contribution in [2.75, 3.05) is 23.8 Å². The van der Waals surface area contributed by atoms with E-state index in [2.05, 4.69) is 20.6 Å². The maximum Gasteiger partial charge on any atom is 0.416 e. The molecule has 0 aliphatic carbocycles. The zero-order valence-electron chi connectivity index (χ0n) is 20.3. The van der Waals surface area contributed by atoms with Crippen LogP contribution in [0.4, 0.5) is 43.8 Å². The van der Waals surface area contributed by atoms with Crippen molar-refractivity contribution in [3.8, 4) is 5.75 Å². The number of aromatic nitrogens is 2. The van der Waals surface area contributed by atoms with Crippen LogP contribution in [-0.4, -0.2) is 34.7 Å². The van der Waals surface area contributed by atoms with Crippen LogP contribution in [0, 0.1) is 0 Å². The number of hydrogen-bond donors (Lipinski definition) is 2. The van der Waals surface area contributed by atoms with Crippen LogP contribution in [0.5, 0.6) is 5.75 Å². The molecule has 37 heavy (non-hydrogen) atoms. The van der Waals surface area contributed by atoms with Gasteiger partial charge in [-0.1, -0.05) is 0 Å². The van der Waals surface area contributed by atoms with Gasteiger partial charge in [-0.15, -0.1) is 0 Å². The third kappa shape index (κ3) is 7.61. The maximum atomic E-state index is 13.3. The summed E-state index contributed by atoms with van der Waals surface area (Å²) in [5, 5.41) is 5.48. The van der Waals surface area contributed by atoms with Gasteiger partial charge in [0.2, 0.25) is 5.95 Å². The Kier molecular flexibility index (Phi) is 7.75. The summed E-state index contributed by atoms with van der Waals surface area (Å²) in [5.74, 6) is -0.444. The predicted octanol–water partition coefficient (Wildman–Crippen LogP) is 6.56. The van der Waals surface area contributed by atoms with Gasteiger partial charge in [0, 0.05) is 11.1 Å². The minimum Gasteiger partial charge on any atom is -0.494 e. The molecule has 1 aromatic heterocycles. The molecule has 0 amide bonds. The van der Waals surface area contributed by atoms with E-state index in [1.165, 1.54) is 6.07 Å². The first-order valence-electron chi connectivity index (χ1n) is 11.0. The van der Waals surface area contributed by atoms with Crippen LogP contribution in [0.25, 0.3) is 10.9 Å². The van der Waals surface area contributed by atoms with E-state index in [0.717, 1.165) is 0 Å². The van der Waals surface area contributed by atoms with Gasteiger partial charge in [0.15, 0.2) is 0 Å². The number of alkyl halides is 6. The summed E-state index contributed by atoms with van der Waals surface area (Å²) < 4.78 is 90.6. The van der Waals surface area contributed by atoms with Crippen molar-refractivity contribution in [1.29, 1.82) is 0 Å². The molecule has 0 aliphatic heterocycles. The number of anilines is 3. The summed E-state index contributed by atoms with van der Waals surface area (Å²) in [7, 11) is 0. The lowest BCUT2D eigenvalue weighted by Crippen LogP contribution is -2.28. The summed E-state index contributed by atoms with van der Waals surface area (Å²) in [6, 6.07) is 5.75. The Balaban J connectivity index is 2.06. The number of nitrogens with one attached hydrogen (secondary N) is 2. The zero-order valence-corrected chi connectivity index (χ0v) is 20.3. The maximum absolute atomic E-state index is 13.3. The average Bonchev–Trinajstić information content (AvgIpc) is 2.76. The van der Waals surface area contributed by atoms with Gasteiger partial charge in [0.05, 0.1) is 23.3 Å². The Morgan fingerprint density at radius 2 is 1.54 bits per heavy atom. The molecule has 2 N–H and O–H groups in total. The number of carbonyl (C=O) groups excluding carboxylic acids is 1. The monoisotopic (exact) mass is 530 g/mol. The molecule has 3 rings (SSSR count). The molecule has 0 saturated heterocycles. The van der Waals surface area contributed by atoms with E-state index in [4.69, 9.17) is 9.47 Å². The van der Waals surface area contributed by atoms with Crippen LogP contribution >= 0.6 is 0 Å². The van der Waals surface area contributed by atoms with Crippen molar-refractivity contribution in [2.24, 2.45) is 0 Å². The second kappa shape index (κ2) is 10.3. The number of benzene rings is 2. The molecule has 200 valence electrons. The Bertz CT molecular complexity index is 1250. The summed E-state index contributed by atoms with van der Waals surface area (Å²) in [5.41, 5.74) is -3.92. The minimum absolute atomic E-state index is 0.0320. The third-order valence-electron chi connectivity index (χ3n) is 4.64. The van der Waals surface area contributed by atoms with E-state index in [-0.39, 0.29) is 35.3 Å². The number of rotatable bonds is 7. The molecule has 0 fully saturated rings. The average molecular weight is 530 g/mol. The summed E-state index contributed by atoms with van der Waals surface area (Å²) >= 11 is 0. The van der Waals surface area contributed by atoms with Gasteiger partial charge >= 0.3 is 18.3 Å². The fourth-order valence-corrected chi connectivity index (χ4v) is 3.23. The molecule has 0 saturated carbocycles. The lowest BCUT2D eigenvalue weighted by molar-refractivity contribution is -0.152. The van der Waals surface area contributed by atoms with Gasteiger partial charge in [0.1, 0.15) is 23.7 Å². The number of ether oxygens (including phenoxy) is 2. The second-order valence-electron chi connectivity index (χ2n) is 8.87. The predicted molar refractivity (Wildman–Crippen MR) is 125 cm³/mol. The van der Waals surface area contributed by atoms with Crippen LogP contribution in [0.2, 0.25) is 0 Å². The highest BCUT2D eigenvalue weighted by Crippen LogP contribution is 2.39. The highest BCUT2D eigenvalue weighted by Gasteiger charge is 2.37. The Morgan fingerprint density at radius 3 is 2.08 bits per heavy atom. The van der Waals surface area contributed by atoms with Crippen molar-refractivity contribution < 1.29 is 40.6 Å². The van der Waals surface area contributed by atoms with Gasteiger partial charge in [-0.25, -0.2) is 4.98 Å². The van der Waals surface area contributed by atoms with Crippen molar-refractivity contribution in [1.82, 2.24) is 9.97 Å². The molecule has 0 unspecified atom stereocenters. The minimum atomic E-state index is -5.02. The van der Waals surface area contributed by atoms with E-state index in [0.29, 0.717) is 24.5 Å². The number of esters is 1. The quantitative estimate of drug-likeness (QED) is 0.264. The molecule has 7 nitrogen and oxygen atoms in total. The molecule has 13 heteroatoms. The zero-order chi connectivity index (χ0) is 27.6. The summed E-state index contributed by atoms with van der Waals surface area (Å²) in [4.78, 5) is 20.5. The fourth-order valence-electron chi connectivity index (χ4n) is 3.23. The first kappa shape index (κ1) is 27.8. The number of hydrogen-bond acceptors (Lipinski definition) is 7. The largest absolute Gasteiger partial charge is 0.494 e. The molecule has 0 radical (unpaired) electrons. The normalized spacial score (nSPS) is 12.4. The van der Waals surface area contributed by atoms with E-state index in [1.807, 2.05) is 0 Å². The lowest BCUT2D eigenvalue weighted by Gasteiger charge is -2.20. The standard InChI is InChI=1S/C24H24F6N4O3/c1-5-36-16-6-7-18-17(11-16)20(34-21(33-18)31-12-19(35)37-22(2,3)4)32-15-9-13(23(25,26)27)8-14(10-15)24(28,29)30/h6-11H,5,12H2,1-4H3,(H2,31,32,33,34). The SMILES string of the molecule is CCOc1ccc2nc(NCC(=O)OC(C)(C)C)nc(Nc3cc(C(F)(F)F)cc(C(F)(F)F)c3)c2c1. The van der Waals surface area contributed by atoms with Crippen LogP contribution in [-0.2, 0) is 21.9 Å². The number of nitrogens with zero attached hydrogens (tertiary/aromatic N) is 2. The van der Waals surface area contributed by atoms with Crippen LogP contribution in [0.1, 0.15) is 38.8 Å². The highest BCUT2D eigenvalue weighted by molar-refractivity contribution is 5.93. The molecule has 0 bridgehead atoms. The second-order valence-corrected chi connectivity index (χ2v) is 8.87. The summed E-state index contributed by atoms with van der Waals surface area (Å²) in [6.07, 6.45) is -10.0. The highest BCUT2D eigenvalue weighted by atomic mass is 19.4. The van der Waals surface area contributed by atoms with Crippen molar-refractivity contribution in [3.63, 3.8) is 0 Å². The Labute approximate surface area is 208 Å². The van der Waals surface area contributed by atoms with Gasteiger partial charge in [-0.05, 0) is 64.1 Å². The van der Waals surface area contributed by atoms with Gasteiger partial charge in [-0.2, -0.15) is 31.3 Å². The Morgan fingerprint density at radius 1 is 0.919 bits per heavy atom. The molecule has 1 heterocycles. The van der Waals surface area contributed by atoms with E-state index >= 15 is 0 Å². The van der Waals surface area contributed by atoms with E-state index < -0.39 is 40.7 Å². The van der Waals surface area contributed by atoms with E-state index in [9.17, 15) is 31.1 Å². The number of halogens is 6. The van der Waals surface area contributed by atoms with Gasteiger partial charge in [-0.3, -0.25) is 4.79 Å².